The van der Waals surface area contributed by atoms with Crippen molar-refractivity contribution in [1.29, 1.82) is 0 Å². The van der Waals surface area contributed by atoms with Crippen LogP contribution in [0.1, 0.15) is 77.7 Å². The molecule has 1 saturated heterocycles. The van der Waals surface area contributed by atoms with E-state index in [0.29, 0.717) is 17.6 Å². The first-order valence-electron chi connectivity index (χ1n) is 12.7. The quantitative estimate of drug-likeness (QED) is 0.627. The van der Waals surface area contributed by atoms with Gasteiger partial charge in [0.1, 0.15) is 5.78 Å². The molecule has 5 atom stereocenters. The van der Waals surface area contributed by atoms with Crippen LogP contribution in [0.25, 0.3) is 0 Å². The van der Waals surface area contributed by atoms with Gasteiger partial charge < -0.3 is 10.1 Å². The number of carbonyl (C=O) groups is 1. The van der Waals surface area contributed by atoms with Gasteiger partial charge in [0, 0.05) is 25.0 Å². The summed E-state index contributed by atoms with van der Waals surface area (Å²) >= 11 is 0. The first kappa shape index (κ1) is 21.6. The molecule has 5 aliphatic rings. The molecule has 1 aromatic rings. The van der Waals surface area contributed by atoms with Gasteiger partial charge in [-0.3, -0.25) is 4.79 Å². The number of carbonyl (C=O) groups excluding carboxylic acids is 1. The molecule has 31 heavy (non-hydrogen) atoms. The number of rotatable bonds is 7. The molecule has 0 spiro atoms. The maximum absolute atomic E-state index is 14.2. The molecule has 4 bridgehead atoms. The van der Waals surface area contributed by atoms with Gasteiger partial charge in [0.25, 0.3) is 0 Å². The highest BCUT2D eigenvalue weighted by molar-refractivity contribution is 5.86. The highest BCUT2D eigenvalue weighted by Gasteiger charge is 2.65. The second-order valence-electron chi connectivity index (χ2n) is 12.4. The van der Waals surface area contributed by atoms with Gasteiger partial charge in [-0.1, -0.05) is 44.2 Å². The Bertz CT molecular complexity index is 820. The number of Topliss-reactive ketones (excluding diaryl/α,β-unsaturated/α-hetero) is 1. The first-order chi connectivity index (χ1) is 14.8. The average molecular weight is 424 g/mol. The van der Waals surface area contributed by atoms with Gasteiger partial charge in [0.05, 0.1) is 6.61 Å². The summed E-state index contributed by atoms with van der Waals surface area (Å²) in [6.45, 7) is 10.5. The van der Waals surface area contributed by atoms with E-state index in [1.54, 1.807) is 0 Å². The van der Waals surface area contributed by atoms with Gasteiger partial charge in [-0.25, -0.2) is 0 Å². The van der Waals surface area contributed by atoms with Crippen LogP contribution < -0.4 is 5.32 Å². The van der Waals surface area contributed by atoms with Crippen LogP contribution in [0.5, 0.6) is 0 Å². The van der Waals surface area contributed by atoms with Crippen LogP contribution in [0.3, 0.4) is 0 Å². The van der Waals surface area contributed by atoms with E-state index in [1.807, 2.05) is 0 Å². The molecule has 1 N–H and O–H groups in total. The summed E-state index contributed by atoms with van der Waals surface area (Å²) in [7, 11) is 0. The molecule has 0 radical (unpaired) electrons. The lowest BCUT2D eigenvalue weighted by Crippen LogP contribution is -2.62. The molecular weight excluding hydrogens is 382 g/mol. The van der Waals surface area contributed by atoms with Gasteiger partial charge in [0.2, 0.25) is 0 Å². The zero-order valence-electron chi connectivity index (χ0n) is 19.8. The number of ketones is 1. The molecule has 4 aliphatic carbocycles. The fourth-order valence-electron chi connectivity index (χ4n) is 8.58. The summed E-state index contributed by atoms with van der Waals surface area (Å²) in [5, 5.41) is 3.54. The molecule has 1 aliphatic heterocycles. The first-order valence-corrected chi connectivity index (χ1v) is 12.7. The third-order valence-electron chi connectivity index (χ3n) is 9.56. The minimum atomic E-state index is -0.132. The molecule has 170 valence electrons. The largest absolute Gasteiger partial charge is 0.381 e. The lowest BCUT2D eigenvalue weighted by molar-refractivity contribution is -0.171. The van der Waals surface area contributed by atoms with E-state index in [-0.39, 0.29) is 21.7 Å². The van der Waals surface area contributed by atoms with Gasteiger partial charge in [-0.15, -0.1) is 0 Å². The van der Waals surface area contributed by atoms with Crippen molar-refractivity contribution >= 4 is 5.78 Å². The molecule has 0 aromatic heterocycles. The number of hydrogen-bond acceptors (Lipinski definition) is 3. The third-order valence-corrected chi connectivity index (χ3v) is 9.56. The topological polar surface area (TPSA) is 38.3 Å². The fourth-order valence-corrected chi connectivity index (χ4v) is 8.58. The molecule has 3 heteroatoms. The highest BCUT2D eigenvalue weighted by Crippen LogP contribution is 2.70. The van der Waals surface area contributed by atoms with Crippen LogP contribution >= 0.6 is 0 Å². The molecule has 3 unspecified atom stereocenters. The van der Waals surface area contributed by atoms with Crippen molar-refractivity contribution in [3.63, 3.8) is 0 Å². The molecule has 6 rings (SSSR count). The summed E-state index contributed by atoms with van der Waals surface area (Å²) < 4.78 is 6.09. The Morgan fingerprint density at radius 1 is 1.10 bits per heavy atom. The van der Waals surface area contributed by atoms with Crippen molar-refractivity contribution in [2.45, 2.75) is 77.6 Å². The zero-order valence-corrected chi connectivity index (χ0v) is 19.8. The molecule has 1 heterocycles. The van der Waals surface area contributed by atoms with E-state index in [4.69, 9.17) is 4.74 Å². The van der Waals surface area contributed by atoms with Crippen molar-refractivity contribution in [3.8, 4) is 0 Å². The van der Waals surface area contributed by atoms with E-state index in [0.717, 1.165) is 58.4 Å². The van der Waals surface area contributed by atoms with Crippen LogP contribution in [-0.4, -0.2) is 32.1 Å². The summed E-state index contributed by atoms with van der Waals surface area (Å²) in [4.78, 5) is 14.2. The van der Waals surface area contributed by atoms with Crippen molar-refractivity contribution < 1.29 is 9.53 Å². The van der Waals surface area contributed by atoms with Crippen LogP contribution in [-0.2, 0) is 14.9 Å². The van der Waals surface area contributed by atoms with Gasteiger partial charge in [-0.05, 0) is 92.1 Å². The lowest BCUT2D eigenvalue weighted by Gasteiger charge is -2.66. The molecular formula is C28H41NO2. The summed E-state index contributed by atoms with van der Waals surface area (Å²) in [5.74, 6) is 1.75. The Kier molecular flexibility index (Phi) is 5.37. The molecule has 1 aromatic carbocycles. The summed E-state index contributed by atoms with van der Waals surface area (Å²) in [5.41, 5.74) is 1.89. The molecule has 0 amide bonds. The lowest BCUT2D eigenvalue weighted by atomic mass is 9.37. The summed E-state index contributed by atoms with van der Waals surface area (Å²) in [6.07, 6.45) is 8.89. The monoisotopic (exact) mass is 423 g/mol. The summed E-state index contributed by atoms with van der Waals surface area (Å²) in [6, 6.07) is 11.2. The number of benzene rings is 1. The Morgan fingerprint density at radius 3 is 2.65 bits per heavy atom. The minimum absolute atomic E-state index is 0.132. The molecule has 3 nitrogen and oxygen atoms in total. The maximum atomic E-state index is 14.2. The zero-order chi connectivity index (χ0) is 21.7. The van der Waals surface area contributed by atoms with Crippen LogP contribution in [0, 0.1) is 28.1 Å². The second kappa shape index (κ2) is 7.70. The van der Waals surface area contributed by atoms with E-state index in [2.05, 4.69) is 56.4 Å². The Balaban J connectivity index is 1.48. The normalized spacial score (nSPS) is 40.7. The van der Waals surface area contributed by atoms with Crippen molar-refractivity contribution in [3.05, 3.63) is 35.9 Å². The smallest absolute Gasteiger partial charge is 0.139 e. The highest BCUT2D eigenvalue weighted by atomic mass is 16.5. The van der Waals surface area contributed by atoms with E-state index >= 15 is 0 Å². The van der Waals surface area contributed by atoms with Gasteiger partial charge >= 0.3 is 0 Å². The van der Waals surface area contributed by atoms with Crippen LogP contribution in [0.4, 0.5) is 0 Å². The average Bonchev–Trinajstić information content (AvgIpc) is 2.73. The van der Waals surface area contributed by atoms with Crippen molar-refractivity contribution in [2.75, 3.05) is 26.3 Å². The Morgan fingerprint density at radius 2 is 1.90 bits per heavy atom. The Hall–Kier alpha value is -1.19. The molecule has 5 fully saturated rings. The number of ether oxygens (including phenoxy) is 1. The van der Waals surface area contributed by atoms with Crippen molar-refractivity contribution in [1.82, 2.24) is 5.32 Å². The maximum Gasteiger partial charge on any atom is 0.139 e. The van der Waals surface area contributed by atoms with Gasteiger partial charge in [-0.2, -0.15) is 0 Å². The molecule has 4 saturated carbocycles. The second-order valence-corrected chi connectivity index (χ2v) is 12.4. The number of hydrogen-bond donors (Lipinski definition) is 1. The van der Waals surface area contributed by atoms with Crippen molar-refractivity contribution in [2.24, 2.45) is 28.1 Å². The third kappa shape index (κ3) is 3.70. The predicted octanol–water partition coefficient (Wildman–Crippen LogP) is 5.53. The van der Waals surface area contributed by atoms with Gasteiger partial charge in [0.15, 0.2) is 0 Å². The van der Waals surface area contributed by atoms with E-state index in [9.17, 15) is 4.79 Å². The fraction of sp³-hybridized carbons (Fsp3) is 0.750. The van der Waals surface area contributed by atoms with E-state index in [1.165, 1.54) is 24.8 Å². The van der Waals surface area contributed by atoms with Crippen LogP contribution in [0.2, 0.25) is 0 Å². The Labute approximate surface area is 188 Å². The minimum Gasteiger partial charge on any atom is -0.381 e. The number of piperidine rings is 1. The predicted molar refractivity (Wildman–Crippen MR) is 125 cm³/mol. The van der Waals surface area contributed by atoms with E-state index < -0.39 is 0 Å². The SMILES string of the molecule is CCOC[C@]12CC3CC(C(=O)CC4CCNCC4(C)C)(C1)C[C@@](c1ccccc1)(C3)C2. The van der Waals surface area contributed by atoms with Crippen LogP contribution in [0.15, 0.2) is 30.3 Å². The standard InChI is InChI=1S/C28H41NO2/c1-4-31-20-26-13-21-14-27(16-26,22-8-6-5-7-9-22)18-28(15-21,17-26)24(30)12-23-10-11-29-19-25(23,2)3/h5-9,21,23,29H,4,10-20H2,1-3H3/t21?,23?,26-,27+,28?/m0/s1. The number of nitrogens with one attached hydrogen (secondary N) is 1.